The number of carboxylic acid groups (broad SMARTS) is 2. The summed E-state index contributed by atoms with van der Waals surface area (Å²) in [4.78, 5) is 60.0. The van der Waals surface area contributed by atoms with Crippen molar-refractivity contribution in [3.05, 3.63) is 78.9 Å². The molecular formula is C17H14N4O10. The molecule has 2 rings (SSSR count). The van der Waals surface area contributed by atoms with Crippen LogP contribution in [-0.4, -0.2) is 44.6 Å². The van der Waals surface area contributed by atoms with Crippen LogP contribution >= 0.6 is 0 Å². The van der Waals surface area contributed by atoms with Crippen molar-refractivity contribution >= 4 is 29.2 Å². The number of nitrogens with one attached hydrogen (secondary N) is 2. The zero-order valence-corrected chi connectivity index (χ0v) is 15.4. The smallest absolute Gasteiger partial charge is 0.343 e. The Labute approximate surface area is 172 Å². The fourth-order valence-corrected chi connectivity index (χ4v) is 2.60. The summed E-state index contributed by atoms with van der Waals surface area (Å²) in [6.45, 7) is -0.797. The molecule has 0 radical (unpaired) electrons. The van der Waals surface area contributed by atoms with E-state index in [1.165, 1.54) is 12.1 Å². The first-order valence-corrected chi connectivity index (χ1v) is 8.28. The summed E-state index contributed by atoms with van der Waals surface area (Å²) in [5.41, 5.74) is -0.905. The van der Waals surface area contributed by atoms with Crippen molar-refractivity contribution in [2.75, 3.05) is 6.67 Å². The Bertz CT molecular complexity index is 1070. The van der Waals surface area contributed by atoms with Crippen molar-refractivity contribution in [2.45, 2.75) is 6.61 Å². The van der Waals surface area contributed by atoms with E-state index in [0.29, 0.717) is 0 Å². The first-order chi connectivity index (χ1) is 14.6. The number of carbonyl (C=O) groups is 3. The Morgan fingerprint density at radius 1 is 0.903 bits per heavy atom. The van der Waals surface area contributed by atoms with E-state index < -0.39 is 69.0 Å². The highest BCUT2D eigenvalue weighted by atomic mass is 16.6. The van der Waals surface area contributed by atoms with E-state index in [0.717, 1.165) is 24.3 Å². The van der Waals surface area contributed by atoms with Crippen LogP contribution in [0.5, 0.6) is 0 Å². The number of carboxylic acids is 2. The average Bonchev–Trinajstić information content (AvgIpc) is 2.72. The number of nitro benzene ring substituents is 2. The van der Waals surface area contributed by atoms with Crippen LogP contribution in [0.1, 0.15) is 36.6 Å². The molecule has 0 atom stereocenters. The van der Waals surface area contributed by atoms with Crippen molar-refractivity contribution in [1.29, 1.82) is 0 Å². The number of aromatic carboxylic acids is 2. The second kappa shape index (κ2) is 9.86. The molecule has 162 valence electrons. The number of carbonyl (C=O) groups excluding carboxylic acids is 1. The van der Waals surface area contributed by atoms with Crippen LogP contribution in [0, 0.1) is 20.2 Å². The third kappa shape index (κ3) is 5.34. The van der Waals surface area contributed by atoms with E-state index in [9.17, 15) is 44.8 Å². The highest BCUT2D eigenvalue weighted by Crippen LogP contribution is 2.23. The predicted molar refractivity (Wildman–Crippen MR) is 100 cm³/mol. The molecule has 1 amide bonds. The van der Waals surface area contributed by atoms with Gasteiger partial charge in [-0.15, -0.1) is 0 Å². The van der Waals surface area contributed by atoms with Crippen molar-refractivity contribution in [1.82, 2.24) is 10.8 Å². The Morgan fingerprint density at radius 2 is 1.45 bits per heavy atom. The van der Waals surface area contributed by atoms with Gasteiger partial charge in [-0.05, 0) is 6.07 Å². The zero-order chi connectivity index (χ0) is 23.1. The number of hydrogen-bond acceptors (Lipinski definition) is 9. The third-order valence-electron chi connectivity index (χ3n) is 3.89. The molecule has 0 aromatic heterocycles. The fraction of sp³-hybridized carbons (Fsp3) is 0.118. The summed E-state index contributed by atoms with van der Waals surface area (Å²) in [5.74, 6) is -4.13. The second-order valence-corrected chi connectivity index (χ2v) is 5.75. The minimum atomic E-state index is -1.66. The van der Waals surface area contributed by atoms with Gasteiger partial charge in [0.25, 0.3) is 17.3 Å². The van der Waals surface area contributed by atoms with E-state index in [4.69, 9.17) is 4.84 Å². The molecule has 0 aliphatic carbocycles. The first kappa shape index (κ1) is 22.9. The summed E-state index contributed by atoms with van der Waals surface area (Å²) >= 11 is 0. The zero-order valence-electron chi connectivity index (χ0n) is 15.4. The summed E-state index contributed by atoms with van der Waals surface area (Å²) in [7, 11) is 0. The molecule has 0 heterocycles. The largest absolute Gasteiger partial charge is 0.477 e. The van der Waals surface area contributed by atoms with Crippen LogP contribution in [-0.2, 0) is 11.4 Å². The Morgan fingerprint density at radius 3 is 2.00 bits per heavy atom. The molecule has 0 aliphatic rings. The standard InChI is InChI=1S/C17H14N4O10/c22-15(10-4-2-6-12(21(29)30)14(10)17(25)26)18-8-19-31-7-9-3-1-5-11(20(27)28)13(9)16(23)24/h1-6,19H,7-8H2,(H,18,22)(H,23,24)(H,25,26). The molecular weight excluding hydrogens is 420 g/mol. The highest BCUT2D eigenvalue weighted by Gasteiger charge is 2.27. The molecule has 0 saturated carbocycles. The molecule has 0 unspecified atom stereocenters. The SMILES string of the molecule is O=C(NCNOCc1cccc([N+](=O)[O-])c1C(=O)O)c1cccc([N+](=O)[O-])c1C(=O)O. The number of rotatable bonds is 10. The maximum absolute atomic E-state index is 12.2. The summed E-state index contributed by atoms with van der Waals surface area (Å²) < 4.78 is 0. The molecule has 0 saturated heterocycles. The van der Waals surface area contributed by atoms with Gasteiger partial charge in [-0.2, -0.15) is 5.48 Å². The topological polar surface area (TPSA) is 211 Å². The third-order valence-corrected chi connectivity index (χ3v) is 3.89. The highest BCUT2D eigenvalue weighted by molar-refractivity contribution is 6.07. The van der Waals surface area contributed by atoms with Gasteiger partial charge in [0.2, 0.25) is 0 Å². The molecule has 4 N–H and O–H groups in total. The number of hydrogen-bond donors (Lipinski definition) is 4. The lowest BCUT2D eigenvalue weighted by Gasteiger charge is -2.10. The Kier molecular flexibility index (Phi) is 7.27. The molecule has 0 fully saturated rings. The fourth-order valence-electron chi connectivity index (χ4n) is 2.60. The molecule has 31 heavy (non-hydrogen) atoms. The van der Waals surface area contributed by atoms with Gasteiger partial charge in [-0.25, -0.2) is 9.59 Å². The average molecular weight is 434 g/mol. The van der Waals surface area contributed by atoms with Crippen molar-refractivity contribution in [3.63, 3.8) is 0 Å². The molecule has 14 nitrogen and oxygen atoms in total. The van der Waals surface area contributed by atoms with Crippen LogP contribution in [0.2, 0.25) is 0 Å². The molecule has 14 heteroatoms. The van der Waals surface area contributed by atoms with E-state index >= 15 is 0 Å². The molecule has 2 aromatic carbocycles. The lowest BCUT2D eigenvalue weighted by molar-refractivity contribution is -0.385. The quantitative estimate of drug-likeness (QED) is 0.181. The van der Waals surface area contributed by atoms with Gasteiger partial charge in [0.1, 0.15) is 11.1 Å². The Hall–Kier alpha value is -4.43. The van der Waals surface area contributed by atoms with E-state index in [-0.39, 0.29) is 5.56 Å². The van der Waals surface area contributed by atoms with Gasteiger partial charge in [0.05, 0.1) is 28.7 Å². The summed E-state index contributed by atoms with van der Waals surface area (Å²) in [5, 5.41) is 42.5. The van der Waals surface area contributed by atoms with Crippen molar-refractivity contribution in [3.8, 4) is 0 Å². The van der Waals surface area contributed by atoms with Crippen LogP contribution < -0.4 is 10.8 Å². The summed E-state index contributed by atoms with van der Waals surface area (Å²) in [6, 6.07) is 6.80. The minimum Gasteiger partial charge on any atom is -0.477 e. The van der Waals surface area contributed by atoms with E-state index in [1.807, 2.05) is 0 Å². The van der Waals surface area contributed by atoms with Crippen LogP contribution in [0.4, 0.5) is 11.4 Å². The molecule has 0 bridgehead atoms. The predicted octanol–water partition coefficient (Wildman–Crippen LogP) is 1.31. The van der Waals surface area contributed by atoms with E-state index in [1.54, 1.807) is 0 Å². The molecule has 0 spiro atoms. The van der Waals surface area contributed by atoms with Crippen LogP contribution in [0.25, 0.3) is 0 Å². The Balaban J connectivity index is 2.02. The number of hydroxylamine groups is 1. The molecule has 0 aliphatic heterocycles. The van der Waals surface area contributed by atoms with Crippen LogP contribution in [0.3, 0.4) is 0 Å². The normalized spacial score (nSPS) is 10.3. The van der Waals surface area contributed by atoms with Gasteiger partial charge < -0.3 is 15.5 Å². The van der Waals surface area contributed by atoms with Gasteiger partial charge >= 0.3 is 11.9 Å². The van der Waals surface area contributed by atoms with Gasteiger partial charge in [-0.3, -0.25) is 29.9 Å². The second-order valence-electron chi connectivity index (χ2n) is 5.75. The van der Waals surface area contributed by atoms with Crippen molar-refractivity contribution < 1.29 is 39.3 Å². The van der Waals surface area contributed by atoms with Crippen LogP contribution in [0.15, 0.2) is 36.4 Å². The maximum atomic E-state index is 12.2. The minimum absolute atomic E-state index is 0.00706. The first-order valence-electron chi connectivity index (χ1n) is 8.28. The van der Waals surface area contributed by atoms with Crippen molar-refractivity contribution in [2.24, 2.45) is 0 Å². The maximum Gasteiger partial charge on any atom is 0.343 e. The summed E-state index contributed by atoms with van der Waals surface area (Å²) in [6.07, 6.45) is 0. The number of nitro groups is 2. The van der Waals surface area contributed by atoms with Gasteiger partial charge in [0, 0.05) is 17.7 Å². The monoisotopic (exact) mass is 434 g/mol. The van der Waals surface area contributed by atoms with E-state index in [2.05, 4.69) is 10.8 Å². The molecule has 2 aromatic rings. The number of amides is 1. The lowest BCUT2D eigenvalue weighted by atomic mass is 10.0. The lowest BCUT2D eigenvalue weighted by Crippen LogP contribution is -2.34. The van der Waals surface area contributed by atoms with Gasteiger partial charge in [-0.1, -0.05) is 18.2 Å². The van der Waals surface area contributed by atoms with Gasteiger partial charge in [0.15, 0.2) is 0 Å². The number of nitrogens with zero attached hydrogens (tertiary/aromatic N) is 2. The number of benzene rings is 2.